The lowest BCUT2D eigenvalue weighted by atomic mass is 10.3. The first-order chi connectivity index (χ1) is 14.1. The number of rotatable bonds is 6. The predicted octanol–water partition coefficient (Wildman–Crippen LogP) is 3.33. The van der Waals surface area contributed by atoms with Gasteiger partial charge in [0.05, 0.1) is 12.5 Å². The molecule has 0 aliphatic rings. The van der Waals surface area contributed by atoms with Crippen molar-refractivity contribution in [2.75, 3.05) is 12.5 Å². The van der Waals surface area contributed by atoms with Gasteiger partial charge in [0.2, 0.25) is 0 Å². The number of carbonyl (C=O) groups is 1. The molecule has 1 amide bonds. The van der Waals surface area contributed by atoms with E-state index in [0.717, 1.165) is 4.68 Å². The molecular formula is C20H17N3O5S. The largest absolute Gasteiger partial charge is 0.493 e. The van der Waals surface area contributed by atoms with Gasteiger partial charge in [-0.05, 0) is 42.6 Å². The molecule has 3 heterocycles. The molecule has 9 heteroatoms. The minimum Gasteiger partial charge on any atom is -0.493 e. The zero-order chi connectivity index (χ0) is 20.4. The van der Waals surface area contributed by atoms with E-state index >= 15 is 0 Å². The van der Waals surface area contributed by atoms with Gasteiger partial charge in [-0.1, -0.05) is 12.1 Å². The molecule has 0 bridgehead atoms. The molecule has 0 saturated heterocycles. The van der Waals surface area contributed by atoms with Gasteiger partial charge in [-0.15, -0.1) is 11.3 Å². The smallest absolute Gasteiger partial charge is 0.305 e. The number of hydrogen-bond acceptors (Lipinski definition) is 7. The Balaban J connectivity index is 1.48. The highest BCUT2D eigenvalue weighted by Gasteiger charge is 2.16. The molecule has 3 aromatic heterocycles. The van der Waals surface area contributed by atoms with E-state index in [-0.39, 0.29) is 17.9 Å². The Hall–Kier alpha value is -3.59. The molecule has 148 valence electrons. The molecule has 0 saturated carbocycles. The Morgan fingerprint density at radius 2 is 2.00 bits per heavy atom. The van der Waals surface area contributed by atoms with Gasteiger partial charge in [0.25, 0.3) is 5.56 Å². The number of thiophene rings is 1. The number of ether oxygens (including phenoxy) is 2. The number of methoxy groups -OCH3 is 1. The van der Waals surface area contributed by atoms with Crippen LogP contribution in [-0.2, 0) is 6.61 Å². The van der Waals surface area contributed by atoms with Crippen molar-refractivity contribution in [1.82, 2.24) is 9.66 Å². The number of furan rings is 1. The first-order valence-corrected chi connectivity index (χ1v) is 9.57. The van der Waals surface area contributed by atoms with Gasteiger partial charge in [0.15, 0.2) is 17.3 Å². The minimum atomic E-state index is -0.560. The Bertz CT molecular complexity index is 1240. The lowest BCUT2D eigenvalue weighted by molar-refractivity contribution is 0.0976. The van der Waals surface area contributed by atoms with E-state index in [1.807, 2.05) is 12.1 Å². The maximum atomic E-state index is 12.6. The Labute approximate surface area is 169 Å². The maximum absolute atomic E-state index is 12.6. The van der Waals surface area contributed by atoms with E-state index in [1.54, 1.807) is 43.7 Å². The zero-order valence-corrected chi connectivity index (χ0v) is 16.5. The molecular weight excluding hydrogens is 394 g/mol. The van der Waals surface area contributed by atoms with Gasteiger partial charge in [0, 0.05) is 0 Å². The van der Waals surface area contributed by atoms with Crippen LogP contribution in [0.1, 0.15) is 22.1 Å². The second kappa shape index (κ2) is 7.80. The average Bonchev–Trinajstić information content (AvgIpc) is 3.39. The molecule has 0 fully saturated rings. The van der Waals surface area contributed by atoms with E-state index < -0.39 is 5.91 Å². The number of nitrogens with one attached hydrogen (secondary N) is 1. The second-order valence-electron chi connectivity index (χ2n) is 6.09. The summed E-state index contributed by atoms with van der Waals surface area (Å²) in [6, 6.07) is 12.1. The van der Waals surface area contributed by atoms with E-state index in [1.165, 1.54) is 17.4 Å². The summed E-state index contributed by atoms with van der Waals surface area (Å²) in [6.45, 7) is 1.77. The van der Waals surface area contributed by atoms with E-state index in [0.29, 0.717) is 33.3 Å². The van der Waals surface area contributed by atoms with Gasteiger partial charge in [-0.3, -0.25) is 15.0 Å². The van der Waals surface area contributed by atoms with Gasteiger partial charge in [-0.2, -0.15) is 0 Å². The summed E-state index contributed by atoms with van der Waals surface area (Å²) in [6.07, 6.45) is 0. The van der Waals surface area contributed by atoms with Gasteiger partial charge in [0.1, 0.15) is 23.0 Å². The molecule has 29 heavy (non-hydrogen) atoms. The number of carbonyl (C=O) groups excluding carboxylic acids is 1. The summed E-state index contributed by atoms with van der Waals surface area (Å²) < 4.78 is 17.6. The maximum Gasteiger partial charge on any atom is 0.305 e. The lowest BCUT2D eigenvalue weighted by Gasteiger charge is -2.10. The molecule has 0 unspecified atom stereocenters. The topological polar surface area (TPSA) is 95.6 Å². The van der Waals surface area contributed by atoms with E-state index in [4.69, 9.17) is 13.9 Å². The zero-order valence-electron chi connectivity index (χ0n) is 15.7. The van der Waals surface area contributed by atoms with Crippen LogP contribution in [0.4, 0.5) is 0 Å². The molecule has 1 aromatic carbocycles. The number of nitrogens with zero attached hydrogens (tertiary/aromatic N) is 2. The molecule has 0 radical (unpaired) electrons. The Morgan fingerprint density at radius 1 is 1.21 bits per heavy atom. The fourth-order valence-corrected chi connectivity index (χ4v) is 3.57. The Kier molecular flexibility index (Phi) is 5.05. The van der Waals surface area contributed by atoms with Crippen LogP contribution in [0.15, 0.2) is 57.1 Å². The molecule has 0 aliphatic heterocycles. The number of aromatic nitrogens is 2. The van der Waals surface area contributed by atoms with Crippen LogP contribution in [0, 0.1) is 6.92 Å². The average molecular weight is 411 g/mol. The van der Waals surface area contributed by atoms with Crippen molar-refractivity contribution < 1.29 is 18.7 Å². The molecule has 0 aliphatic carbocycles. The number of benzene rings is 1. The first kappa shape index (κ1) is 18.8. The van der Waals surface area contributed by atoms with Crippen molar-refractivity contribution in [3.63, 3.8) is 0 Å². The molecule has 0 spiro atoms. The normalized spacial score (nSPS) is 10.8. The minimum absolute atomic E-state index is 0.0559. The standard InChI is InChI=1S/C20H17N3O5S/c1-12-21-19-14(9-10-29-19)20(25)23(12)22-18(24)17-8-7-13(28-17)11-27-16-6-4-3-5-15(16)26-2/h3-10H,11H2,1-2H3,(H,22,24). The molecule has 4 rings (SSSR count). The highest BCUT2D eigenvalue weighted by molar-refractivity contribution is 7.16. The first-order valence-electron chi connectivity index (χ1n) is 8.69. The highest BCUT2D eigenvalue weighted by atomic mass is 32.1. The highest BCUT2D eigenvalue weighted by Crippen LogP contribution is 2.26. The number of aryl methyl sites for hydroxylation is 1. The summed E-state index contributed by atoms with van der Waals surface area (Å²) in [7, 11) is 1.56. The number of hydrogen-bond donors (Lipinski definition) is 1. The van der Waals surface area contributed by atoms with Crippen LogP contribution in [0.3, 0.4) is 0 Å². The van der Waals surface area contributed by atoms with Crippen molar-refractivity contribution in [3.05, 3.63) is 75.5 Å². The third-order valence-electron chi connectivity index (χ3n) is 4.20. The van der Waals surface area contributed by atoms with Crippen LogP contribution in [0.5, 0.6) is 11.5 Å². The second-order valence-corrected chi connectivity index (χ2v) is 6.98. The summed E-state index contributed by atoms with van der Waals surface area (Å²) in [4.78, 5) is 30.0. The van der Waals surface area contributed by atoms with Gasteiger partial charge < -0.3 is 13.9 Å². The third-order valence-corrected chi connectivity index (χ3v) is 5.01. The fraction of sp³-hybridized carbons (Fsp3) is 0.150. The van der Waals surface area contributed by atoms with Crippen molar-refractivity contribution in [2.24, 2.45) is 0 Å². The van der Waals surface area contributed by atoms with Gasteiger partial charge >= 0.3 is 5.91 Å². The summed E-state index contributed by atoms with van der Waals surface area (Å²) >= 11 is 1.37. The summed E-state index contributed by atoms with van der Waals surface area (Å²) in [5.41, 5.74) is 2.20. The van der Waals surface area contributed by atoms with E-state index in [2.05, 4.69) is 10.4 Å². The molecule has 8 nitrogen and oxygen atoms in total. The predicted molar refractivity (Wildman–Crippen MR) is 108 cm³/mol. The van der Waals surface area contributed by atoms with Crippen molar-refractivity contribution in [3.8, 4) is 11.5 Å². The quantitative estimate of drug-likeness (QED) is 0.523. The Morgan fingerprint density at radius 3 is 2.79 bits per heavy atom. The summed E-state index contributed by atoms with van der Waals surface area (Å²) in [5.74, 6) is 1.49. The number of amides is 1. The van der Waals surface area contributed by atoms with Crippen LogP contribution in [0.25, 0.3) is 10.2 Å². The molecule has 1 N–H and O–H groups in total. The number of fused-ring (bicyclic) bond motifs is 1. The van der Waals surface area contributed by atoms with Crippen LogP contribution in [0.2, 0.25) is 0 Å². The van der Waals surface area contributed by atoms with E-state index in [9.17, 15) is 9.59 Å². The molecule has 4 aromatic rings. The SMILES string of the molecule is COc1ccccc1OCc1ccc(C(=O)Nn2c(C)nc3sccc3c2=O)o1. The summed E-state index contributed by atoms with van der Waals surface area (Å²) in [5, 5.41) is 2.23. The monoisotopic (exact) mass is 411 g/mol. The van der Waals surface area contributed by atoms with Crippen LogP contribution in [-0.4, -0.2) is 22.7 Å². The van der Waals surface area contributed by atoms with Gasteiger partial charge in [-0.25, -0.2) is 9.66 Å². The van der Waals surface area contributed by atoms with Crippen LogP contribution >= 0.6 is 11.3 Å². The third kappa shape index (κ3) is 3.72. The van der Waals surface area contributed by atoms with Crippen molar-refractivity contribution in [2.45, 2.75) is 13.5 Å². The fourth-order valence-electron chi connectivity index (χ4n) is 2.77. The molecule has 0 atom stereocenters. The number of para-hydroxylation sites is 2. The van der Waals surface area contributed by atoms with Crippen molar-refractivity contribution >= 4 is 27.5 Å². The van der Waals surface area contributed by atoms with Crippen LogP contribution < -0.4 is 20.5 Å². The lowest BCUT2D eigenvalue weighted by Crippen LogP contribution is -2.35. The van der Waals surface area contributed by atoms with Crippen molar-refractivity contribution in [1.29, 1.82) is 0 Å².